The molecule has 1 aliphatic carbocycles. The maximum Gasteiger partial charge on any atom is 0.250 e. The summed E-state index contributed by atoms with van der Waals surface area (Å²) in [5.41, 5.74) is 0. The number of benzene rings is 1. The Hall–Kier alpha value is -1.31. The first-order valence-electron chi connectivity index (χ1n) is 7.61. The Kier molecular flexibility index (Phi) is 4.29. The number of hydrogen-bond donors (Lipinski definition) is 1. The van der Waals surface area contributed by atoms with Crippen LogP contribution in [-0.2, 0) is 10.0 Å². The van der Waals surface area contributed by atoms with E-state index in [2.05, 4.69) is 4.90 Å². The first-order valence-corrected chi connectivity index (χ1v) is 9.05. The van der Waals surface area contributed by atoms with Gasteiger partial charge in [0.25, 0.3) is 10.0 Å². The number of piperazine rings is 1. The van der Waals surface area contributed by atoms with Crippen LogP contribution in [0.2, 0.25) is 0 Å². The number of phenols is 1. The van der Waals surface area contributed by atoms with Crippen molar-refractivity contribution in [3.63, 3.8) is 0 Å². The van der Waals surface area contributed by atoms with Crippen LogP contribution in [0, 0.1) is 5.92 Å². The molecule has 1 aliphatic heterocycles. The summed E-state index contributed by atoms with van der Waals surface area (Å²) in [4.78, 5) is 2.19. The molecule has 0 radical (unpaired) electrons. The molecule has 1 heterocycles. The highest BCUT2D eigenvalue weighted by Gasteiger charge is 2.34. The van der Waals surface area contributed by atoms with E-state index >= 15 is 0 Å². The fraction of sp³-hybridized carbons (Fsp3) is 0.600. The molecule has 0 atom stereocenters. The van der Waals surface area contributed by atoms with Gasteiger partial charge in [-0.3, -0.25) is 0 Å². The predicted octanol–water partition coefficient (Wildman–Crippen LogP) is 1.12. The average molecular weight is 326 g/mol. The van der Waals surface area contributed by atoms with Gasteiger partial charge in [0.1, 0.15) is 11.5 Å². The number of phenolic OH excluding ortho intramolecular Hbond substituents is 1. The lowest BCUT2D eigenvalue weighted by Gasteiger charge is -2.34. The Morgan fingerprint density at radius 3 is 2.50 bits per heavy atom. The van der Waals surface area contributed by atoms with E-state index in [-0.39, 0.29) is 16.4 Å². The molecule has 0 aromatic heterocycles. The largest absolute Gasteiger partial charge is 0.506 e. The second-order valence-corrected chi connectivity index (χ2v) is 7.83. The van der Waals surface area contributed by atoms with Crippen molar-refractivity contribution in [2.45, 2.75) is 17.7 Å². The number of aromatic hydroxyl groups is 1. The standard InChI is InChI=1S/C15H22N2O4S/c1-21-14-4-2-3-13(18)15(14)22(19,20)17-9-7-16(8-10-17)11-12-5-6-12/h2-4,12,18H,5-11H2,1H3. The van der Waals surface area contributed by atoms with Crippen LogP contribution in [0.3, 0.4) is 0 Å². The van der Waals surface area contributed by atoms with Crippen molar-refractivity contribution in [2.24, 2.45) is 5.92 Å². The van der Waals surface area contributed by atoms with E-state index in [1.165, 1.54) is 30.3 Å². The Bertz CT molecular complexity index is 635. The van der Waals surface area contributed by atoms with Gasteiger partial charge in [-0.05, 0) is 30.9 Å². The molecule has 1 aromatic rings. The maximum absolute atomic E-state index is 12.8. The van der Waals surface area contributed by atoms with Gasteiger partial charge in [0, 0.05) is 32.7 Å². The molecule has 7 heteroatoms. The van der Waals surface area contributed by atoms with E-state index in [1.807, 2.05) is 0 Å². The van der Waals surface area contributed by atoms with Gasteiger partial charge in [-0.2, -0.15) is 4.31 Å². The highest BCUT2D eigenvalue weighted by atomic mass is 32.2. The normalized spacial score (nSPS) is 21.0. The zero-order valence-corrected chi connectivity index (χ0v) is 13.6. The molecule has 1 saturated heterocycles. The molecule has 1 N–H and O–H groups in total. The van der Waals surface area contributed by atoms with Crippen LogP contribution < -0.4 is 4.74 Å². The first-order chi connectivity index (χ1) is 10.5. The molecule has 6 nitrogen and oxygen atoms in total. The lowest BCUT2D eigenvalue weighted by Crippen LogP contribution is -2.49. The van der Waals surface area contributed by atoms with Crippen LogP contribution in [0.15, 0.2) is 23.1 Å². The summed E-state index contributed by atoms with van der Waals surface area (Å²) < 4.78 is 32.1. The topological polar surface area (TPSA) is 70.1 Å². The number of hydrogen-bond acceptors (Lipinski definition) is 5. The summed E-state index contributed by atoms with van der Waals surface area (Å²) in [6.45, 7) is 3.46. The Labute approximate surface area is 131 Å². The SMILES string of the molecule is COc1cccc(O)c1S(=O)(=O)N1CCN(CC2CC2)CC1. The lowest BCUT2D eigenvalue weighted by molar-refractivity contribution is 0.182. The van der Waals surface area contributed by atoms with Gasteiger partial charge in [-0.1, -0.05) is 6.07 Å². The molecular weight excluding hydrogens is 304 g/mol. The quantitative estimate of drug-likeness (QED) is 0.878. The van der Waals surface area contributed by atoms with Crippen molar-refractivity contribution in [2.75, 3.05) is 39.8 Å². The fourth-order valence-electron chi connectivity index (χ4n) is 2.87. The third-order valence-electron chi connectivity index (χ3n) is 4.32. The lowest BCUT2D eigenvalue weighted by atomic mass is 10.3. The average Bonchev–Trinajstić information content (AvgIpc) is 3.31. The number of sulfonamides is 1. The number of ether oxygens (including phenoxy) is 1. The highest BCUT2D eigenvalue weighted by molar-refractivity contribution is 7.89. The van der Waals surface area contributed by atoms with Crippen molar-refractivity contribution < 1.29 is 18.3 Å². The zero-order chi connectivity index (χ0) is 15.7. The smallest absolute Gasteiger partial charge is 0.250 e. The molecule has 0 bridgehead atoms. The fourth-order valence-corrected chi connectivity index (χ4v) is 4.51. The van der Waals surface area contributed by atoms with E-state index < -0.39 is 10.0 Å². The summed E-state index contributed by atoms with van der Waals surface area (Å²) >= 11 is 0. The third kappa shape index (κ3) is 3.06. The molecule has 0 unspecified atom stereocenters. The second kappa shape index (κ2) is 6.06. The minimum atomic E-state index is -3.74. The van der Waals surface area contributed by atoms with Crippen molar-refractivity contribution in [3.8, 4) is 11.5 Å². The Morgan fingerprint density at radius 1 is 1.23 bits per heavy atom. The minimum Gasteiger partial charge on any atom is -0.506 e. The molecule has 0 spiro atoms. The van der Waals surface area contributed by atoms with Gasteiger partial charge in [0.2, 0.25) is 0 Å². The van der Waals surface area contributed by atoms with Crippen molar-refractivity contribution in [1.82, 2.24) is 9.21 Å². The third-order valence-corrected chi connectivity index (χ3v) is 6.29. The molecule has 22 heavy (non-hydrogen) atoms. The molecule has 2 aliphatic rings. The molecule has 122 valence electrons. The summed E-state index contributed by atoms with van der Waals surface area (Å²) in [6, 6.07) is 4.50. The summed E-state index contributed by atoms with van der Waals surface area (Å²) in [5, 5.41) is 9.97. The molecule has 0 amide bonds. The highest BCUT2D eigenvalue weighted by Crippen LogP contribution is 2.35. The first kappa shape index (κ1) is 15.6. The van der Waals surface area contributed by atoms with Crippen LogP contribution in [0.4, 0.5) is 0 Å². The van der Waals surface area contributed by atoms with Gasteiger partial charge in [-0.15, -0.1) is 0 Å². The van der Waals surface area contributed by atoms with Crippen LogP contribution in [-0.4, -0.2) is 62.6 Å². The molecule has 1 saturated carbocycles. The van der Waals surface area contributed by atoms with Crippen LogP contribution in [0.25, 0.3) is 0 Å². The second-order valence-electron chi connectivity index (χ2n) is 5.96. The number of methoxy groups -OCH3 is 1. The maximum atomic E-state index is 12.8. The van der Waals surface area contributed by atoms with Gasteiger partial charge in [0.15, 0.2) is 4.90 Å². The van der Waals surface area contributed by atoms with Crippen molar-refractivity contribution in [3.05, 3.63) is 18.2 Å². The van der Waals surface area contributed by atoms with E-state index in [4.69, 9.17) is 4.74 Å². The molecule has 3 rings (SSSR count). The van der Waals surface area contributed by atoms with Crippen molar-refractivity contribution >= 4 is 10.0 Å². The molecule has 2 fully saturated rings. The molecule has 1 aromatic carbocycles. The Balaban J connectivity index is 1.76. The Morgan fingerprint density at radius 2 is 1.91 bits per heavy atom. The van der Waals surface area contributed by atoms with Gasteiger partial charge >= 0.3 is 0 Å². The van der Waals surface area contributed by atoms with Crippen LogP contribution >= 0.6 is 0 Å². The minimum absolute atomic E-state index is 0.131. The van der Waals surface area contributed by atoms with E-state index in [9.17, 15) is 13.5 Å². The van der Waals surface area contributed by atoms with Crippen LogP contribution in [0.5, 0.6) is 11.5 Å². The van der Waals surface area contributed by atoms with E-state index in [0.29, 0.717) is 13.1 Å². The van der Waals surface area contributed by atoms with Crippen LogP contribution in [0.1, 0.15) is 12.8 Å². The number of rotatable bonds is 5. The van der Waals surface area contributed by atoms with Gasteiger partial charge in [-0.25, -0.2) is 8.42 Å². The molecular formula is C15H22N2O4S. The van der Waals surface area contributed by atoms with Gasteiger partial charge in [0.05, 0.1) is 7.11 Å². The zero-order valence-electron chi connectivity index (χ0n) is 12.7. The van der Waals surface area contributed by atoms with E-state index in [0.717, 1.165) is 25.6 Å². The summed E-state index contributed by atoms with van der Waals surface area (Å²) in [7, 11) is -2.34. The monoisotopic (exact) mass is 326 g/mol. The van der Waals surface area contributed by atoms with Gasteiger partial charge < -0.3 is 14.7 Å². The number of nitrogens with zero attached hydrogens (tertiary/aromatic N) is 2. The van der Waals surface area contributed by atoms with E-state index in [1.54, 1.807) is 12.1 Å². The summed E-state index contributed by atoms with van der Waals surface area (Å²) in [5.74, 6) is 0.724. The predicted molar refractivity (Wildman–Crippen MR) is 82.6 cm³/mol. The summed E-state index contributed by atoms with van der Waals surface area (Å²) in [6.07, 6.45) is 2.60. The van der Waals surface area contributed by atoms with Crippen molar-refractivity contribution in [1.29, 1.82) is 0 Å².